The summed E-state index contributed by atoms with van der Waals surface area (Å²) in [7, 11) is 0. The summed E-state index contributed by atoms with van der Waals surface area (Å²) in [4.78, 5) is 4.46. The number of fused-ring (bicyclic) bond motifs is 1. The molecule has 2 aromatic carbocycles. The molecule has 3 rings (SSSR count). The van der Waals surface area contributed by atoms with Gasteiger partial charge >= 0.3 is 0 Å². The first-order valence-corrected chi connectivity index (χ1v) is 7.98. The van der Waals surface area contributed by atoms with Crippen LogP contribution in [0.4, 0.5) is 5.69 Å². The van der Waals surface area contributed by atoms with Crippen molar-refractivity contribution < 1.29 is 4.74 Å². The predicted molar refractivity (Wildman–Crippen MR) is 96.0 cm³/mol. The first-order valence-electron chi connectivity index (χ1n) is 7.98. The Morgan fingerprint density at radius 3 is 2.57 bits per heavy atom. The number of ether oxygens (including phenoxy) is 1. The number of hydrogen-bond acceptors (Lipinski definition) is 3. The first-order chi connectivity index (χ1) is 11.1. The van der Waals surface area contributed by atoms with Crippen molar-refractivity contribution in [2.45, 2.75) is 33.4 Å². The fourth-order valence-corrected chi connectivity index (χ4v) is 2.70. The molecule has 1 N–H and O–H groups in total. The van der Waals surface area contributed by atoms with E-state index in [1.165, 1.54) is 10.9 Å². The zero-order valence-electron chi connectivity index (χ0n) is 13.8. The van der Waals surface area contributed by atoms with Gasteiger partial charge in [-0.15, -0.1) is 0 Å². The van der Waals surface area contributed by atoms with Gasteiger partial charge in [0.2, 0.25) is 5.88 Å². The van der Waals surface area contributed by atoms with E-state index in [4.69, 9.17) is 4.74 Å². The van der Waals surface area contributed by atoms with Crippen LogP contribution >= 0.6 is 0 Å². The molecule has 0 unspecified atom stereocenters. The Kier molecular flexibility index (Phi) is 4.47. The van der Waals surface area contributed by atoms with Gasteiger partial charge in [0.25, 0.3) is 0 Å². The maximum absolute atomic E-state index is 5.86. The molecule has 0 saturated heterocycles. The molecule has 0 aliphatic rings. The fraction of sp³-hybridized carbons (Fsp3) is 0.250. The summed E-state index contributed by atoms with van der Waals surface area (Å²) in [6.45, 7) is 6.92. The quantitative estimate of drug-likeness (QED) is 0.724. The van der Waals surface area contributed by atoms with E-state index in [9.17, 15) is 0 Å². The molecule has 3 heteroatoms. The van der Waals surface area contributed by atoms with Crippen LogP contribution in [0.2, 0.25) is 0 Å². The number of nitrogens with one attached hydrogen (secondary N) is 1. The van der Waals surface area contributed by atoms with Gasteiger partial charge in [-0.25, -0.2) is 4.98 Å². The van der Waals surface area contributed by atoms with Crippen LogP contribution in [0.25, 0.3) is 10.8 Å². The van der Waals surface area contributed by atoms with E-state index in [0.29, 0.717) is 5.88 Å². The van der Waals surface area contributed by atoms with Gasteiger partial charge in [-0.1, -0.05) is 36.4 Å². The molecule has 1 aromatic heterocycles. The molecule has 0 spiro atoms. The second kappa shape index (κ2) is 6.69. The summed E-state index contributed by atoms with van der Waals surface area (Å²) < 4.78 is 5.86. The van der Waals surface area contributed by atoms with Gasteiger partial charge in [-0.2, -0.15) is 0 Å². The topological polar surface area (TPSA) is 34.1 Å². The van der Waals surface area contributed by atoms with Crippen LogP contribution in [0.5, 0.6) is 5.88 Å². The third-order valence-electron chi connectivity index (χ3n) is 3.74. The monoisotopic (exact) mass is 306 g/mol. The minimum absolute atomic E-state index is 0.106. The van der Waals surface area contributed by atoms with Crippen LogP contribution in [0.15, 0.2) is 54.7 Å². The Morgan fingerprint density at radius 1 is 1.04 bits per heavy atom. The van der Waals surface area contributed by atoms with E-state index >= 15 is 0 Å². The minimum atomic E-state index is 0.106. The SMILES string of the molecule is Cc1cnc(OC(C)C)c2cccc(NCc3ccccc3)c12. The Hall–Kier alpha value is -2.55. The van der Waals surface area contributed by atoms with Crippen molar-refractivity contribution in [3.8, 4) is 5.88 Å². The van der Waals surface area contributed by atoms with E-state index in [0.717, 1.165) is 23.2 Å². The Bertz CT molecular complexity index is 797. The maximum atomic E-state index is 5.86. The van der Waals surface area contributed by atoms with Gasteiger partial charge in [0, 0.05) is 29.2 Å². The third-order valence-corrected chi connectivity index (χ3v) is 3.74. The zero-order valence-corrected chi connectivity index (χ0v) is 13.8. The van der Waals surface area contributed by atoms with Crippen molar-refractivity contribution in [1.82, 2.24) is 4.98 Å². The smallest absolute Gasteiger partial charge is 0.221 e. The highest BCUT2D eigenvalue weighted by Crippen LogP contribution is 2.32. The van der Waals surface area contributed by atoms with Crippen molar-refractivity contribution in [3.05, 3.63) is 65.9 Å². The summed E-state index contributed by atoms with van der Waals surface area (Å²) in [5.74, 6) is 0.698. The molecule has 23 heavy (non-hydrogen) atoms. The highest BCUT2D eigenvalue weighted by atomic mass is 16.5. The van der Waals surface area contributed by atoms with Gasteiger partial charge < -0.3 is 10.1 Å². The lowest BCUT2D eigenvalue weighted by Gasteiger charge is -2.16. The number of benzene rings is 2. The molecule has 3 aromatic rings. The van der Waals surface area contributed by atoms with Crippen molar-refractivity contribution in [3.63, 3.8) is 0 Å². The molecule has 0 atom stereocenters. The number of aryl methyl sites for hydroxylation is 1. The summed E-state index contributed by atoms with van der Waals surface area (Å²) in [6.07, 6.45) is 1.99. The predicted octanol–water partition coefficient (Wildman–Crippen LogP) is 4.94. The summed E-state index contributed by atoms with van der Waals surface area (Å²) in [5, 5.41) is 5.77. The van der Waals surface area contributed by atoms with Crippen LogP contribution in [0.1, 0.15) is 25.0 Å². The molecule has 3 nitrogen and oxygen atoms in total. The third kappa shape index (κ3) is 3.45. The second-order valence-corrected chi connectivity index (χ2v) is 5.98. The normalized spacial score (nSPS) is 11.0. The molecule has 0 bridgehead atoms. The minimum Gasteiger partial charge on any atom is -0.475 e. The Balaban J connectivity index is 1.97. The van der Waals surface area contributed by atoms with Gasteiger partial charge in [-0.05, 0) is 44.0 Å². The number of anilines is 1. The van der Waals surface area contributed by atoms with E-state index in [2.05, 4.69) is 53.6 Å². The van der Waals surface area contributed by atoms with Crippen molar-refractivity contribution >= 4 is 16.5 Å². The lowest BCUT2D eigenvalue weighted by molar-refractivity contribution is 0.236. The zero-order chi connectivity index (χ0) is 16.2. The van der Waals surface area contributed by atoms with Crippen molar-refractivity contribution in [1.29, 1.82) is 0 Å². The molecule has 0 amide bonds. The van der Waals surface area contributed by atoms with Crippen molar-refractivity contribution in [2.24, 2.45) is 0 Å². The molecule has 0 aliphatic carbocycles. The number of aromatic nitrogens is 1. The summed E-state index contributed by atoms with van der Waals surface area (Å²) >= 11 is 0. The van der Waals surface area contributed by atoms with E-state index < -0.39 is 0 Å². The lowest BCUT2D eigenvalue weighted by Crippen LogP contribution is -2.08. The van der Waals surface area contributed by atoms with Crippen LogP contribution in [-0.4, -0.2) is 11.1 Å². The Morgan fingerprint density at radius 2 is 1.83 bits per heavy atom. The molecule has 0 aliphatic heterocycles. The fourth-order valence-electron chi connectivity index (χ4n) is 2.70. The lowest BCUT2D eigenvalue weighted by atomic mass is 10.1. The molecule has 1 heterocycles. The summed E-state index contributed by atoms with van der Waals surface area (Å²) in [6, 6.07) is 16.6. The molecule has 0 fully saturated rings. The van der Waals surface area contributed by atoms with Crippen LogP contribution in [0.3, 0.4) is 0 Å². The molecule has 0 saturated carbocycles. The molecule has 118 valence electrons. The largest absolute Gasteiger partial charge is 0.475 e. The van der Waals surface area contributed by atoms with Crippen LogP contribution < -0.4 is 10.1 Å². The van der Waals surface area contributed by atoms with Crippen molar-refractivity contribution in [2.75, 3.05) is 5.32 Å². The second-order valence-electron chi connectivity index (χ2n) is 5.98. The highest BCUT2D eigenvalue weighted by Gasteiger charge is 2.11. The number of nitrogens with zero attached hydrogens (tertiary/aromatic N) is 1. The van der Waals surface area contributed by atoms with Gasteiger partial charge in [-0.3, -0.25) is 0 Å². The highest BCUT2D eigenvalue weighted by molar-refractivity contribution is 5.99. The van der Waals surface area contributed by atoms with Gasteiger partial charge in [0.15, 0.2) is 0 Å². The molecule has 0 radical (unpaired) electrons. The standard InChI is InChI=1S/C20H22N2O/c1-14(2)23-20-17-10-7-11-18(19(17)15(3)12-22-20)21-13-16-8-5-4-6-9-16/h4-12,14,21H,13H2,1-3H3. The number of hydrogen-bond donors (Lipinski definition) is 1. The van der Waals surface area contributed by atoms with Gasteiger partial charge in [0.05, 0.1) is 6.10 Å². The molecular formula is C20H22N2O. The van der Waals surface area contributed by atoms with Crippen LogP contribution in [-0.2, 0) is 6.54 Å². The van der Waals surface area contributed by atoms with Gasteiger partial charge in [0.1, 0.15) is 0 Å². The maximum Gasteiger partial charge on any atom is 0.221 e. The Labute approximate surface area is 137 Å². The van der Waals surface area contributed by atoms with E-state index in [-0.39, 0.29) is 6.10 Å². The molecular weight excluding hydrogens is 284 g/mol. The first kappa shape index (κ1) is 15.3. The van der Waals surface area contributed by atoms with E-state index in [1.807, 2.05) is 32.2 Å². The average molecular weight is 306 g/mol. The summed E-state index contributed by atoms with van der Waals surface area (Å²) in [5.41, 5.74) is 3.52. The number of rotatable bonds is 5. The average Bonchev–Trinajstić information content (AvgIpc) is 2.56. The van der Waals surface area contributed by atoms with E-state index in [1.54, 1.807) is 0 Å². The number of pyridine rings is 1. The van der Waals surface area contributed by atoms with Crippen LogP contribution in [0, 0.1) is 6.92 Å².